The summed E-state index contributed by atoms with van der Waals surface area (Å²) in [6, 6.07) is 0.682. The van der Waals surface area contributed by atoms with Crippen LogP contribution in [0.5, 0.6) is 0 Å². The summed E-state index contributed by atoms with van der Waals surface area (Å²) in [5.74, 6) is 0. The number of hydrogen-bond acceptors (Lipinski definition) is 3. The normalized spacial score (nSPS) is 20.7. The Kier molecular flexibility index (Phi) is 5.86. The summed E-state index contributed by atoms with van der Waals surface area (Å²) in [5, 5.41) is 7.71. The van der Waals surface area contributed by atoms with Gasteiger partial charge in [-0.3, -0.25) is 4.68 Å². The highest BCUT2D eigenvalue weighted by Crippen LogP contribution is 2.27. The van der Waals surface area contributed by atoms with Crippen LogP contribution in [0.4, 0.5) is 0 Å². The number of ether oxygens (including phenoxy) is 1. The summed E-state index contributed by atoms with van der Waals surface area (Å²) in [6.07, 6.45) is 9.01. The molecule has 1 N–H and O–H groups in total. The van der Waals surface area contributed by atoms with Gasteiger partial charge in [0.15, 0.2) is 0 Å². The Bertz CT molecular complexity index is 334. The van der Waals surface area contributed by atoms with Crippen molar-refractivity contribution < 1.29 is 4.74 Å². The minimum absolute atomic E-state index is 0.682. The van der Waals surface area contributed by atoms with E-state index in [0.717, 1.165) is 26.3 Å². The zero-order valence-electron chi connectivity index (χ0n) is 12.3. The molecule has 1 aromatic rings. The average molecular weight is 265 g/mol. The van der Waals surface area contributed by atoms with Crippen LogP contribution in [-0.2, 0) is 4.74 Å². The van der Waals surface area contributed by atoms with Gasteiger partial charge < -0.3 is 10.1 Å². The van der Waals surface area contributed by atoms with Crippen LogP contribution >= 0.6 is 0 Å². The smallest absolute Gasteiger partial charge is 0.0622 e. The van der Waals surface area contributed by atoms with Gasteiger partial charge in [-0.15, -0.1) is 0 Å². The highest BCUT2D eigenvalue weighted by Gasteiger charge is 2.16. The highest BCUT2D eigenvalue weighted by atomic mass is 16.5. The Morgan fingerprint density at radius 2 is 1.84 bits per heavy atom. The second-order valence-electron chi connectivity index (χ2n) is 5.53. The summed E-state index contributed by atoms with van der Waals surface area (Å²) in [4.78, 5) is 0. The number of hydrogen-bond donors (Lipinski definition) is 1. The summed E-state index contributed by atoms with van der Waals surface area (Å²) in [6.45, 7) is 8.07. The van der Waals surface area contributed by atoms with Gasteiger partial charge in [-0.2, -0.15) is 5.10 Å². The van der Waals surface area contributed by atoms with Gasteiger partial charge in [0.25, 0.3) is 0 Å². The molecule has 0 spiro atoms. The van der Waals surface area contributed by atoms with E-state index in [0.29, 0.717) is 6.04 Å². The Hall–Kier alpha value is -0.870. The molecular formula is C15H27N3O. The fourth-order valence-corrected chi connectivity index (χ4v) is 2.62. The third-order valence-corrected chi connectivity index (χ3v) is 3.96. The molecule has 2 aliphatic rings. The van der Waals surface area contributed by atoms with Gasteiger partial charge in [0.2, 0.25) is 0 Å². The van der Waals surface area contributed by atoms with E-state index in [1.54, 1.807) is 0 Å². The molecule has 0 atom stereocenters. The van der Waals surface area contributed by atoms with E-state index in [1.165, 1.54) is 43.4 Å². The molecule has 4 nitrogen and oxygen atoms in total. The number of nitrogens with one attached hydrogen (secondary N) is 1. The molecule has 1 aromatic heterocycles. The molecule has 0 radical (unpaired) electrons. The Balaban J connectivity index is 0.000000186. The lowest BCUT2D eigenvalue weighted by molar-refractivity contribution is 0.109. The fraction of sp³-hybridized carbons (Fsp3) is 0.800. The van der Waals surface area contributed by atoms with Gasteiger partial charge >= 0.3 is 0 Å². The largest absolute Gasteiger partial charge is 0.379 e. The molecule has 4 heteroatoms. The van der Waals surface area contributed by atoms with Crippen LogP contribution in [-0.4, -0.2) is 36.1 Å². The van der Waals surface area contributed by atoms with Crippen LogP contribution in [0.1, 0.15) is 49.4 Å². The quantitative estimate of drug-likeness (QED) is 0.848. The molecule has 0 unspecified atom stereocenters. The molecule has 2 heterocycles. The van der Waals surface area contributed by atoms with Crippen LogP contribution < -0.4 is 5.32 Å². The third-order valence-electron chi connectivity index (χ3n) is 3.96. The van der Waals surface area contributed by atoms with Crippen LogP contribution in [0.15, 0.2) is 6.20 Å². The summed E-state index contributed by atoms with van der Waals surface area (Å²) >= 11 is 0. The lowest BCUT2D eigenvalue weighted by Crippen LogP contribution is -2.30. The van der Waals surface area contributed by atoms with E-state index in [-0.39, 0.29) is 0 Å². The predicted octanol–water partition coefficient (Wildman–Crippen LogP) is 2.61. The van der Waals surface area contributed by atoms with E-state index in [9.17, 15) is 0 Å². The molecule has 2 fully saturated rings. The van der Waals surface area contributed by atoms with Gasteiger partial charge in [-0.05, 0) is 32.3 Å². The van der Waals surface area contributed by atoms with Crippen LogP contribution in [0.3, 0.4) is 0 Å². The molecule has 0 aromatic carbocycles. The van der Waals surface area contributed by atoms with Crippen molar-refractivity contribution in [3.63, 3.8) is 0 Å². The minimum atomic E-state index is 0.682. The third kappa shape index (κ3) is 4.62. The first-order valence-electron chi connectivity index (χ1n) is 7.58. The fourth-order valence-electron chi connectivity index (χ4n) is 2.62. The Labute approximate surface area is 116 Å². The zero-order valence-corrected chi connectivity index (χ0v) is 12.3. The van der Waals surface area contributed by atoms with Gasteiger partial charge in [-0.1, -0.05) is 19.3 Å². The highest BCUT2D eigenvalue weighted by molar-refractivity contribution is 5.12. The summed E-state index contributed by atoms with van der Waals surface area (Å²) in [7, 11) is 0. The second kappa shape index (κ2) is 7.65. The van der Waals surface area contributed by atoms with Crippen molar-refractivity contribution in [2.75, 3.05) is 26.3 Å². The lowest BCUT2D eigenvalue weighted by Gasteiger charge is -2.21. The van der Waals surface area contributed by atoms with Crippen molar-refractivity contribution in [2.45, 2.75) is 52.0 Å². The van der Waals surface area contributed by atoms with Gasteiger partial charge in [-0.25, -0.2) is 0 Å². The maximum absolute atomic E-state index is 5.01. The zero-order chi connectivity index (χ0) is 13.5. The first-order chi connectivity index (χ1) is 9.27. The maximum atomic E-state index is 5.01. The lowest BCUT2D eigenvalue weighted by atomic mass is 9.96. The number of aromatic nitrogens is 2. The van der Waals surface area contributed by atoms with Crippen molar-refractivity contribution in [3.05, 3.63) is 17.5 Å². The number of nitrogens with zero attached hydrogens (tertiary/aromatic N) is 2. The monoisotopic (exact) mass is 265 g/mol. The topological polar surface area (TPSA) is 39.1 Å². The Morgan fingerprint density at radius 1 is 1.16 bits per heavy atom. The number of morpholine rings is 1. The SMILES string of the molecule is C1COCCN1.Cc1cn(C2CCCCC2)nc1C. The van der Waals surface area contributed by atoms with Crippen LogP contribution in [0.25, 0.3) is 0 Å². The van der Waals surface area contributed by atoms with Crippen LogP contribution in [0.2, 0.25) is 0 Å². The molecule has 1 saturated heterocycles. The molecule has 19 heavy (non-hydrogen) atoms. The van der Waals surface area contributed by atoms with Crippen molar-refractivity contribution in [1.82, 2.24) is 15.1 Å². The summed E-state index contributed by atoms with van der Waals surface area (Å²) in [5.41, 5.74) is 2.51. The predicted molar refractivity (Wildman–Crippen MR) is 77.5 cm³/mol. The van der Waals surface area contributed by atoms with E-state index in [4.69, 9.17) is 4.74 Å². The number of rotatable bonds is 1. The standard InChI is InChI=1S/C11H18N2.C4H9NO/c1-9-8-13(12-10(9)2)11-6-4-3-5-7-11;1-3-6-4-2-5-1/h8,11H,3-7H2,1-2H3;5H,1-4H2. The van der Waals surface area contributed by atoms with Crippen molar-refractivity contribution in [1.29, 1.82) is 0 Å². The molecule has 0 amide bonds. The second-order valence-corrected chi connectivity index (χ2v) is 5.53. The molecule has 1 aliphatic heterocycles. The van der Waals surface area contributed by atoms with E-state index >= 15 is 0 Å². The van der Waals surface area contributed by atoms with Crippen molar-refractivity contribution in [2.24, 2.45) is 0 Å². The molecule has 3 rings (SSSR count). The summed E-state index contributed by atoms with van der Waals surface area (Å²) < 4.78 is 7.19. The molecule has 108 valence electrons. The van der Waals surface area contributed by atoms with Crippen LogP contribution in [0, 0.1) is 13.8 Å². The molecule has 1 saturated carbocycles. The van der Waals surface area contributed by atoms with Crippen molar-refractivity contribution in [3.8, 4) is 0 Å². The van der Waals surface area contributed by atoms with E-state index in [1.807, 2.05) is 0 Å². The molecule has 1 aliphatic carbocycles. The van der Waals surface area contributed by atoms with Gasteiger partial charge in [0, 0.05) is 19.3 Å². The number of aryl methyl sites for hydroxylation is 2. The maximum Gasteiger partial charge on any atom is 0.0622 e. The first-order valence-corrected chi connectivity index (χ1v) is 7.58. The molecule has 0 bridgehead atoms. The minimum Gasteiger partial charge on any atom is -0.379 e. The Morgan fingerprint density at radius 3 is 2.26 bits per heavy atom. The van der Waals surface area contributed by atoms with E-state index in [2.05, 4.69) is 35.1 Å². The van der Waals surface area contributed by atoms with Crippen molar-refractivity contribution >= 4 is 0 Å². The van der Waals surface area contributed by atoms with Gasteiger partial charge in [0.05, 0.1) is 24.9 Å². The van der Waals surface area contributed by atoms with Gasteiger partial charge in [0.1, 0.15) is 0 Å². The molecular weight excluding hydrogens is 238 g/mol. The average Bonchev–Trinajstić information content (AvgIpc) is 2.82. The first kappa shape index (κ1) is 14.5. The van der Waals surface area contributed by atoms with E-state index < -0.39 is 0 Å².